The van der Waals surface area contributed by atoms with E-state index in [0.29, 0.717) is 5.92 Å². The molecule has 2 rings (SSSR count). The molecule has 0 atom stereocenters. The normalized spacial score (nSPS) is 10.9. The van der Waals surface area contributed by atoms with Gasteiger partial charge >= 0.3 is 0 Å². The van der Waals surface area contributed by atoms with Crippen LogP contribution in [0.4, 0.5) is 0 Å². The van der Waals surface area contributed by atoms with Gasteiger partial charge in [-0.25, -0.2) is 0 Å². The molecule has 0 bridgehead atoms. The molecule has 0 radical (unpaired) electrons. The number of aromatic nitrogens is 1. The lowest BCUT2D eigenvalue weighted by molar-refractivity contribution is 0.646. The van der Waals surface area contributed by atoms with Crippen molar-refractivity contribution < 1.29 is 0 Å². The molecule has 1 aromatic heterocycles. The lowest BCUT2D eigenvalue weighted by Gasteiger charge is -2.09. The molecule has 0 fully saturated rings. The molecule has 18 heavy (non-hydrogen) atoms. The van der Waals surface area contributed by atoms with Gasteiger partial charge in [0.25, 0.3) is 0 Å². The lowest BCUT2D eigenvalue weighted by atomic mass is 9.99. The van der Waals surface area contributed by atoms with E-state index in [9.17, 15) is 0 Å². The van der Waals surface area contributed by atoms with Gasteiger partial charge in [0.2, 0.25) is 0 Å². The number of hydrogen-bond acceptors (Lipinski definition) is 1. The van der Waals surface area contributed by atoms with E-state index in [2.05, 4.69) is 63.0 Å². The average molecular weight is 239 g/mol. The molecule has 1 nitrogen and oxygen atoms in total. The maximum absolute atomic E-state index is 4.60. The van der Waals surface area contributed by atoms with E-state index in [1.54, 1.807) is 0 Å². The zero-order chi connectivity index (χ0) is 13.1. The Kier molecular flexibility index (Phi) is 3.81. The van der Waals surface area contributed by atoms with E-state index in [4.69, 9.17) is 0 Å². The highest BCUT2D eigenvalue weighted by molar-refractivity contribution is 5.64. The number of nitrogens with zero attached hydrogens (tertiary/aromatic N) is 1. The van der Waals surface area contributed by atoms with Crippen molar-refractivity contribution in [3.63, 3.8) is 0 Å². The summed E-state index contributed by atoms with van der Waals surface area (Å²) in [7, 11) is 0. The first-order valence-electron chi connectivity index (χ1n) is 6.59. The summed E-state index contributed by atoms with van der Waals surface area (Å²) in [6.07, 6.45) is 3.11. The zero-order valence-corrected chi connectivity index (χ0v) is 11.7. The first kappa shape index (κ1) is 12.8. The van der Waals surface area contributed by atoms with Crippen molar-refractivity contribution in [2.24, 2.45) is 5.92 Å². The van der Waals surface area contributed by atoms with Crippen molar-refractivity contribution >= 4 is 0 Å². The third-order valence-corrected chi connectivity index (χ3v) is 3.35. The maximum Gasteiger partial charge on any atom is 0.0704 e. The van der Waals surface area contributed by atoms with E-state index in [1.807, 2.05) is 6.20 Å². The Labute approximate surface area is 110 Å². The van der Waals surface area contributed by atoms with Crippen molar-refractivity contribution in [1.82, 2.24) is 4.98 Å². The fourth-order valence-electron chi connectivity index (χ4n) is 2.20. The van der Waals surface area contributed by atoms with Crippen molar-refractivity contribution in [2.45, 2.75) is 34.1 Å². The van der Waals surface area contributed by atoms with E-state index >= 15 is 0 Å². The van der Waals surface area contributed by atoms with Gasteiger partial charge in [-0.15, -0.1) is 0 Å². The van der Waals surface area contributed by atoms with Gasteiger partial charge in [0.05, 0.1) is 5.69 Å². The molecule has 0 aliphatic carbocycles. The fraction of sp³-hybridized carbons (Fsp3) is 0.353. The summed E-state index contributed by atoms with van der Waals surface area (Å²) >= 11 is 0. The molecule has 0 saturated heterocycles. The van der Waals surface area contributed by atoms with Gasteiger partial charge < -0.3 is 0 Å². The molecule has 0 aliphatic rings. The van der Waals surface area contributed by atoms with Crippen LogP contribution in [0.15, 0.2) is 36.5 Å². The highest BCUT2D eigenvalue weighted by atomic mass is 14.7. The SMILES string of the molecule is Cc1cccc(-c2ccc(CC(C)C)cn2)c1C. The second-order valence-electron chi connectivity index (χ2n) is 5.40. The maximum atomic E-state index is 4.60. The Balaban J connectivity index is 2.32. The second kappa shape index (κ2) is 5.34. The average Bonchev–Trinajstić information content (AvgIpc) is 2.33. The smallest absolute Gasteiger partial charge is 0.0704 e. The Morgan fingerprint density at radius 3 is 2.44 bits per heavy atom. The van der Waals surface area contributed by atoms with E-state index in [0.717, 1.165) is 12.1 Å². The molecule has 1 aromatic carbocycles. The van der Waals surface area contributed by atoms with Crippen LogP contribution in [0.25, 0.3) is 11.3 Å². The van der Waals surface area contributed by atoms with Crippen LogP contribution in [0.3, 0.4) is 0 Å². The van der Waals surface area contributed by atoms with Crippen molar-refractivity contribution in [3.8, 4) is 11.3 Å². The summed E-state index contributed by atoms with van der Waals surface area (Å²) in [6, 6.07) is 10.7. The van der Waals surface area contributed by atoms with Crippen molar-refractivity contribution in [3.05, 3.63) is 53.2 Å². The minimum Gasteiger partial charge on any atom is -0.256 e. The number of aryl methyl sites for hydroxylation is 1. The summed E-state index contributed by atoms with van der Waals surface area (Å²) in [5.74, 6) is 0.679. The molecule has 0 unspecified atom stereocenters. The van der Waals surface area contributed by atoms with Gasteiger partial charge in [0.15, 0.2) is 0 Å². The number of benzene rings is 1. The summed E-state index contributed by atoms with van der Waals surface area (Å²) in [6.45, 7) is 8.78. The predicted octanol–water partition coefficient (Wildman–Crippen LogP) is 4.56. The summed E-state index contributed by atoms with van der Waals surface area (Å²) < 4.78 is 0. The topological polar surface area (TPSA) is 12.9 Å². The first-order chi connectivity index (χ1) is 8.58. The fourth-order valence-corrected chi connectivity index (χ4v) is 2.20. The number of rotatable bonds is 3. The summed E-state index contributed by atoms with van der Waals surface area (Å²) in [5.41, 5.74) is 6.27. The predicted molar refractivity (Wildman–Crippen MR) is 77.7 cm³/mol. The van der Waals surface area contributed by atoms with Crippen LogP contribution < -0.4 is 0 Å². The lowest BCUT2D eigenvalue weighted by Crippen LogP contribution is -1.96. The number of hydrogen-bond donors (Lipinski definition) is 0. The number of pyridine rings is 1. The molecular formula is C17H21N. The Hall–Kier alpha value is -1.63. The van der Waals surface area contributed by atoms with Gasteiger partial charge in [-0.1, -0.05) is 38.1 Å². The van der Waals surface area contributed by atoms with Gasteiger partial charge in [-0.3, -0.25) is 4.98 Å². The quantitative estimate of drug-likeness (QED) is 0.765. The van der Waals surface area contributed by atoms with Crippen LogP contribution in [0.5, 0.6) is 0 Å². The summed E-state index contributed by atoms with van der Waals surface area (Å²) in [4.78, 5) is 4.60. The van der Waals surface area contributed by atoms with Crippen molar-refractivity contribution in [2.75, 3.05) is 0 Å². The molecule has 2 aromatic rings. The zero-order valence-electron chi connectivity index (χ0n) is 11.7. The second-order valence-corrected chi connectivity index (χ2v) is 5.40. The minimum absolute atomic E-state index is 0.679. The van der Waals surface area contributed by atoms with E-state index in [-0.39, 0.29) is 0 Å². The van der Waals surface area contributed by atoms with Gasteiger partial charge in [-0.2, -0.15) is 0 Å². The highest BCUT2D eigenvalue weighted by Crippen LogP contribution is 2.24. The minimum atomic E-state index is 0.679. The molecular weight excluding hydrogens is 218 g/mol. The third kappa shape index (κ3) is 2.79. The Bertz CT molecular complexity index is 524. The molecule has 0 spiro atoms. The molecule has 0 saturated carbocycles. The third-order valence-electron chi connectivity index (χ3n) is 3.35. The monoisotopic (exact) mass is 239 g/mol. The molecule has 0 amide bonds. The van der Waals surface area contributed by atoms with Gasteiger partial charge in [-0.05, 0) is 48.9 Å². The highest BCUT2D eigenvalue weighted by Gasteiger charge is 2.05. The van der Waals surface area contributed by atoms with Crippen LogP contribution in [-0.4, -0.2) is 4.98 Å². The summed E-state index contributed by atoms with van der Waals surface area (Å²) in [5, 5.41) is 0. The van der Waals surface area contributed by atoms with E-state index < -0.39 is 0 Å². The van der Waals surface area contributed by atoms with Gasteiger partial charge in [0, 0.05) is 11.8 Å². The largest absolute Gasteiger partial charge is 0.256 e. The molecule has 1 heterocycles. The van der Waals surface area contributed by atoms with Crippen LogP contribution in [0.2, 0.25) is 0 Å². The molecule has 0 aliphatic heterocycles. The van der Waals surface area contributed by atoms with Crippen LogP contribution in [-0.2, 0) is 6.42 Å². The van der Waals surface area contributed by atoms with E-state index in [1.165, 1.54) is 22.3 Å². The Morgan fingerprint density at radius 1 is 1.06 bits per heavy atom. The van der Waals surface area contributed by atoms with Crippen LogP contribution in [0, 0.1) is 19.8 Å². The molecule has 0 N–H and O–H groups in total. The standard InChI is InChI=1S/C17H21N/c1-12(2)10-15-8-9-17(18-11-15)16-7-5-6-13(3)14(16)4/h5-9,11-12H,10H2,1-4H3. The van der Waals surface area contributed by atoms with Crippen LogP contribution >= 0.6 is 0 Å². The van der Waals surface area contributed by atoms with Gasteiger partial charge in [0.1, 0.15) is 0 Å². The Morgan fingerprint density at radius 2 is 1.83 bits per heavy atom. The first-order valence-corrected chi connectivity index (χ1v) is 6.59. The molecule has 94 valence electrons. The van der Waals surface area contributed by atoms with Crippen molar-refractivity contribution in [1.29, 1.82) is 0 Å². The molecule has 1 heteroatoms. The van der Waals surface area contributed by atoms with Crippen LogP contribution in [0.1, 0.15) is 30.5 Å².